The van der Waals surface area contributed by atoms with Crippen LogP contribution in [0.25, 0.3) is 0 Å². The number of nitrogens with zero attached hydrogens (tertiary/aromatic N) is 2. The molecule has 0 aliphatic rings. The van der Waals surface area contributed by atoms with Gasteiger partial charge in [0.2, 0.25) is 0 Å². The molecule has 4 nitrogen and oxygen atoms in total. The highest BCUT2D eigenvalue weighted by molar-refractivity contribution is 5.70. The molecule has 0 saturated heterocycles. The number of carbonyl (C=O) groups excluding carboxylic acids is 1. The summed E-state index contributed by atoms with van der Waals surface area (Å²) in [4.78, 5) is 15.6. The van der Waals surface area contributed by atoms with E-state index in [4.69, 9.17) is 4.74 Å². The van der Waals surface area contributed by atoms with Gasteiger partial charge < -0.3 is 14.5 Å². The summed E-state index contributed by atoms with van der Waals surface area (Å²) in [5.74, 6) is -0.0996. The summed E-state index contributed by atoms with van der Waals surface area (Å²) in [5, 5.41) is 0. The Bertz CT molecular complexity index is 181. The lowest BCUT2D eigenvalue weighted by Gasteiger charge is -2.26. The van der Waals surface area contributed by atoms with E-state index in [1.54, 1.807) is 0 Å². The summed E-state index contributed by atoms with van der Waals surface area (Å²) in [7, 11) is 7.99. The normalized spacial score (nSPS) is 13.3. The first-order valence-corrected chi connectivity index (χ1v) is 5.44. The zero-order valence-corrected chi connectivity index (χ0v) is 10.6. The van der Waals surface area contributed by atoms with Crippen molar-refractivity contribution >= 4 is 5.97 Å². The van der Waals surface area contributed by atoms with Crippen LogP contribution in [-0.2, 0) is 9.53 Å². The number of hydrogen-bond acceptors (Lipinski definition) is 4. The van der Waals surface area contributed by atoms with Crippen LogP contribution in [0.4, 0.5) is 0 Å². The third-order valence-electron chi connectivity index (χ3n) is 2.18. The molecular formula is C11H24N2O2. The van der Waals surface area contributed by atoms with Crippen LogP contribution < -0.4 is 0 Å². The van der Waals surface area contributed by atoms with E-state index in [0.29, 0.717) is 13.0 Å². The number of ether oxygens (including phenoxy) is 1. The Morgan fingerprint density at radius 3 is 2.27 bits per heavy atom. The summed E-state index contributed by atoms with van der Waals surface area (Å²) < 4.78 is 5.07. The monoisotopic (exact) mass is 216 g/mol. The van der Waals surface area contributed by atoms with Crippen molar-refractivity contribution in [2.75, 3.05) is 41.3 Å². The third-order valence-corrected chi connectivity index (χ3v) is 2.18. The summed E-state index contributed by atoms with van der Waals surface area (Å²) in [6, 6.07) is 0.226. The summed E-state index contributed by atoms with van der Waals surface area (Å²) in [6.07, 6.45) is 1.34. The van der Waals surface area contributed by atoms with E-state index in [1.807, 2.05) is 35.1 Å². The van der Waals surface area contributed by atoms with E-state index >= 15 is 0 Å². The molecule has 15 heavy (non-hydrogen) atoms. The predicted octanol–water partition coefficient (Wildman–Crippen LogP) is 0.822. The van der Waals surface area contributed by atoms with Gasteiger partial charge in [-0.25, -0.2) is 0 Å². The van der Waals surface area contributed by atoms with Crippen molar-refractivity contribution < 1.29 is 9.53 Å². The minimum Gasteiger partial charge on any atom is -0.466 e. The average Bonchev–Trinajstić information content (AvgIpc) is 2.12. The zero-order chi connectivity index (χ0) is 11.8. The molecule has 90 valence electrons. The van der Waals surface area contributed by atoms with E-state index in [2.05, 4.69) is 9.80 Å². The molecule has 0 rings (SSSR count). The van der Waals surface area contributed by atoms with Crippen LogP contribution in [0.5, 0.6) is 0 Å². The molecule has 0 aromatic rings. The molecule has 1 unspecified atom stereocenters. The highest BCUT2D eigenvalue weighted by Gasteiger charge is 2.17. The first kappa shape index (κ1) is 14.4. The number of rotatable bonds is 7. The lowest BCUT2D eigenvalue weighted by Crippen LogP contribution is -2.39. The largest absolute Gasteiger partial charge is 0.466 e. The average molecular weight is 216 g/mol. The molecule has 0 aromatic carbocycles. The molecule has 0 amide bonds. The van der Waals surface area contributed by atoms with Crippen molar-refractivity contribution in [3.05, 3.63) is 0 Å². The number of hydrogen-bond donors (Lipinski definition) is 0. The van der Waals surface area contributed by atoms with E-state index in [0.717, 1.165) is 13.0 Å². The van der Waals surface area contributed by atoms with Crippen LogP contribution in [0.3, 0.4) is 0 Å². The molecule has 0 bridgehead atoms. The Morgan fingerprint density at radius 1 is 1.27 bits per heavy atom. The molecule has 0 aromatic heterocycles. The van der Waals surface area contributed by atoms with Gasteiger partial charge in [0.15, 0.2) is 0 Å². The first-order chi connectivity index (χ1) is 6.97. The highest BCUT2D eigenvalue weighted by atomic mass is 16.5. The van der Waals surface area contributed by atoms with E-state index in [1.165, 1.54) is 0 Å². The molecule has 0 radical (unpaired) electrons. The Hall–Kier alpha value is -0.610. The molecule has 0 N–H and O–H groups in total. The fraction of sp³-hybridized carbons (Fsp3) is 0.909. The van der Waals surface area contributed by atoms with E-state index in [9.17, 15) is 4.79 Å². The summed E-state index contributed by atoms with van der Waals surface area (Å²) in [6.45, 7) is 3.39. The van der Waals surface area contributed by atoms with Crippen molar-refractivity contribution in [1.29, 1.82) is 0 Å². The Balaban J connectivity index is 3.99. The predicted molar refractivity (Wildman–Crippen MR) is 61.9 cm³/mol. The molecule has 0 heterocycles. The minimum absolute atomic E-state index is 0.0996. The Kier molecular flexibility index (Phi) is 7.34. The van der Waals surface area contributed by atoms with Gasteiger partial charge in [0.25, 0.3) is 0 Å². The van der Waals surface area contributed by atoms with Crippen molar-refractivity contribution in [2.45, 2.75) is 25.8 Å². The Morgan fingerprint density at radius 2 is 1.87 bits per heavy atom. The van der Waals surface area contributed by atoms with Gasteiger partial charge in [0.1, 0.15) is 0 Å². The van der Waals surface area contributed by atoms with Crippen LogP contribution in [-0.4, -0.2) is 63.2 Å². The van der Waals surface area contributed by atoms with Crippen molar-refractivity contribution in [3.8, 4) is 0 Å². The number of likely N-dealkylation sites (N-methyl/N-ethyl adjacent to an activating group) is 2. The summed E-state index contributed by atoms with van der Waals surface area (Å²) >= 11 is 0. The smallest absolute Gasteiger partial charge is 0.307 e. The maximum Gasteiger partial charge on any atom is 0.307 e. The van der Waals surface area contributed by atoms with E-state index < -0.39 is 0 Å². The fourth-order valence-corrected chi connectivity index (χ4v) is 1.30. The fourth-order valence-electron chi connectivity index (χ4n) is 1.30. The van der Waals surface area contributed by atoms with Crippen molar-refractivity contribution in [1.82, 2.24) is 9.80 Å². The second-order valence-corrected chi connectivity index (χ2v) is 4.30. The first-order valence-electron chi connectivity index (χ1n) is 5.44. The number of carbonyl (C=O) groups is 1. The topological polar surface area (TPSA) is 32.8 Å². The minimum atomic E-state index is -0.0996. The molecular weight excluding hydrogens is 192 g/mol. The van der Waals surface area contributed by atoms with Gasteiger partial charge in [-0.2, -0.15) is 0 Å². The van der Waals surface area contributed by atoms with Gasteiger partial charge in [-0.3, -0.25) is 4.79 Å². The Labute approximate surface area is 93.2 Å². The molecule has 0 spiro atoms. The molecule has 1 atom stereocenters. The third kappa shape index (κ3) is 7.33. The second kappa shape index (κ2) is 7.65. The van der Waals surface area contributed by atoms with Gasteiger partial charge in [0.05, 0.1) is 13.0 Å². The molecule has 0 aliphatic heterocycles. The van der Waals surface area contributed by atoms with Crippen LogP contribution in [0.1, 0.15) is 19.8 Å². The van der Waals surface area contributed by atoms with Crippen LogP contribution in [0, 0.1) is 0 Å². The maximum absolute atomic E-state index is 11.4. The van der Waals surface area contributed by atoms with Crippen LogP contribution in [0.15, 0.2) is 0 Å². The van der Waals surface area contributed by atoms with Gasteiger partial charge in [-0.05, 0) is 34.6 Å². The SMILES string of the molecule is CCCOC(=O)CC(CN(C)C)N(C)C. The molecule has 4 heteroatoms. The lowest BCUT2D eigenvalue weighted by molar-refractivity contribution is -0.145. The molecule has 0 aliphatic carbocycles. The standard InChI is InChI=1S/C11H24N2O2/c1-6-7-15-11(14)8-10(13(4)5)9-12(2)3/h10H,6-9H2,1-5H3. The van der Waals surface area contributed by atoms with Gasteiger partial charge in [-0.1, -0.05) is 6.92 Å². The highest BCUT2D eigenvalue weighted by Crippen LogP contribution is 2.03. The van der Waals surface area contributed by atoms with E-state index in [-0.39, 0.29) is 12.0 Å². The van der Waals surface area contributed by atoms with Gasteiger partial charge >= 0.3 is 5.97 Å². The maximum atomic E-state index is 11.4. The molecule has 0 fully saturated rings. The van der Waals surface area contributed by atoms with Crippen LogP contribution >= 0.6 is 0 Å². The lowest BCUT2D eigenvalue weighted by atomic mass is 10.2. The quantitative estimate of drug-likeness (QED) is 0.590. The second-order valence-electron chi connectivity index (χ2n) is 4.30. The zero-order valence-electron chi connectivity index (χ0n) is 10.6. The van der Waals surface area contributed by atoms with Gasteiger partial charge in [0, 0.05) is 12.6 Å². The van der Waals surface area contributed by atoms with Gasteiger partial charge in [-0.15, -0.1) is 0 Å². The molecule has 0 saturated carbocycles. The summed E-state index contributed by atoms with van der Waals surface area (Å²) in [5.41, 5.74) is 0. The van der Waals surface area contributed by atoms with Crippen LogP contribution in [0.2, 0.25) is 0 Å². The number of esters is 1. The van der Waals surface area contributed by atoms with Crippen molar-refractivity contribution in [3.63, 3.8) is 0 Å². The van der Waals surface area contributed by atoms with Crippen molar-refractivity contribution in [2.24, 2.45) is 0 Å².